The standard InChI is InChI=1S/C16H16N4O3/c21-14-5-2-1-4-12(14)15-10-13(19-23-15)16(22)18-6-3-8-20-9-7-17-11-20/h1-2,4-5,7,9-11,21H,3,6,8H2,(H,18,22). The summed E-state index contributed by atoms with van der Waals surface area (Å²) in [6.07, 6.45) is 6.11. The number of benzene rings is 1. The molecule has 2 aromatic heterocycles. The Morgan fingerprint density at radius 1 is 1.35 bits per heavy atom. The van der Waals surface area contributed by atoms with Crippen LogP contribution in [0, 0.1) is 0 Å². The summed E-state index contributed by atoms with van der Waals surface area (Å²) in [6.45, 7) is 1.30. The lowest BCUT2D eigenvalue weighted by Gasteiger charge is -2.03. The van der Waals surface area contributed by atoms with E-state index in [0.717, 1.165) is 13.0 Å². The lowest BCUT2D eigenvalue weighted by atomic mass is 10.1. The van der Waals surface area contributed by atoms with Crippen LogP contribution in [0.15, 0.2) is 53.6 Å². The van der Waals surface area contributed by atoms with Gasteiger partial charge in [-0.15, -0.1) is 0 Å². The number of carbonyl (C=O) groups excluding carboxylic acids is 1. The SMILES string of the molecule is O=C(NCCCn1ccnc1)c1cc(-c2ccccc2O)on1. The third-order valence-corrected chi connectivity index (χ3v) is 3.35. The zero-order chi connectivity index (χ0) is 16.1. The normalized spacial score (nSPS) is 10.6. The molecule has 3 aromatic rings. The van der Waals surface area contributed by atoms with Crippen molar-refractivity contribution in [1.82, 2.24) is 20.0 Å². The molecule has 2 N–H and O–H groups in total. The highest BCUT2D eigenvalue weighted by Crippen LogP contribution is 2.28. The van der Waals surface area contributed by atoms with E-state index in [-0.39, 0.29) is 17.4 Å². The third-order valence-electron chi connectivity index (χ3n) is 3.35. The largest absolute Gasteiger partial charge is 0.507 e. The van der Waals surface area contributed by atoms with Crippen LogP contribution in [-0.4, -0.2) is 32.3 Å². The van der Waals surface area contributed by atoms with E-state index in [1.165, 1.54) is 6.07 Å². The molecule has 0 aliphatic heterocycles. The van der Waals surface area contributed by atoms with Crippen molar-refractivity contribution in [2.45, 2.75) is 13.0 Å². The van der Waals surface area contributed by atoms with E-state index in [9.17, 15) is 9.90 Å². The summed E-state index contributed by atoms with van der Waals surface area (Å²) in [6, 6.07) is 8.24. The Morgan fingerprint density at radius 3 is 3.00 bits per heavy atom. The molecule has 3 rings (SSSR count). The lowest BCUT2D eigenvalue weighted by Crippen LogP contribution is -2.25. The molecule has 7 nitrogen and oxygen atoms in total. The Bertz CT molecular complexity index is 780. The van der Waals surface area contributed by atoms with E-state index in [1.54, 1.807) is 36.8 Å². The average molecular weight is 312 g/mol. The Balaban J connectivity index is 1.55. The Kier molecular flexibility index (Phi) is 4.37. The van der Waals surface area contributed by atoms with Crippen molar-refractivity contribution < 1.29 is 14.4 Å². The maximum atomic E-state index is 12.0. The van der Waals surface area contributed by atoms with Gasteiger partial charge in [0.05, 0.1) is 11.9 Å². The molecule has 118 valence electrons. The van der Waals surface area contributed by atoms with Crippen LogP contribution in [0.5, 0.6) is 5.75 Å². The molecule has 0 saturated heterocycles. The minimum absolute atomic E-state index is 0.0796. The quantitative estimate of drug-likeness (QED) is 0.680. The van der Waals surface area contributed by atoms with Crippen LogP contribution >= 0.6 is 0 Å². The van der Waals surface area contributed by atoms with Crippen molar-refractivity contribution in [3.63, 3.8) is 0 Å². The van der Waals surface area contributed by atoms with E-state index in [1.807, 2.05) is 10.8 Å². The molecule has 23 heavy (non-hydrogen) atoms. The Morgan fingerprint density at radius 2 is 2.22 bits per heavy atom. The number of aryl methyl sites for hydroxylation is 1. The molecule has 0 bridgehead atoms. The first kappa shape index (κ1) is 14.8. The zero-order valence-electron chi connectivity index (χ0n) is 12.3. The van der Waals surface area contributed by atoms with Crippen molar-refractivity contribution in [3.8, 4) is 17.1 Å². The van der Waals surface area contributed by atoms with Crippen LogP contribution in [0.1, 0.15) is 16.9 Å². The molecule has 1 aromatic carbocycles. The van der Waals surface area contributed by atoms with Crippen LogP contribution < -0.4 is 5.32 Å². The molecule has 7 heteroatoms. The summed E-state index contributed by atoms with van der Waals surface area (Å²) in [5, 5.41) is 16.3. The molecule has 0 saturated carbocycles. The van der Waals surface area contributed by atoms with Crippen molar-refractivity contribution >= 4 is 5.91 Å². The van der Waals surface area contributed by atoms with E-state index >= 15 is 0 Å². The first-order valence-corrected chi connectivity index (χ1v) is 7.23. The summed E-state index contributed by atoms with van der Waals surface area (Å²) in [7, 11) is 0. The monoisotopic (exact) mass is 312 g/mol. The van der Waals surface area contributed by atoms with Crippen molar-refractivity contribution in [2.75, 3.05) is 6.54 Å². The van der Waals surface area contributed by atoms with Crippen LogP contribution in [0.4, 0.5) is 0 Å². The van der Waals surface area contributed by atoms with Gasteiger partial charge in [0.1, 0.15) is 5.75 Å². The van der Waals surface area contributed by atoms with Gasteiger partial charge in [0.2, 0.25) is 0 Å². The van der Waals surface area contributed by atoms with E-state index in [0.29, 0.717) is 17.9 Å². The third kappa shape index (κ3) is 3.57. The molecule has 0 spiro atoms. The number of hydrogen-bond donors (Lipinski definition) is 2. The van der Waals surface area contributed by atoms with Gasteiger partial charge in [-0.05, 0) is 18.6 Å². The number of nitrogens with one attached hydrogen (secondary N) is 1. The number of aromatic hydroxyl groups is 1. The number of carbonyl (C=O) groups is 1. The van der Waals surface area contributed by atoms with Crippen LogP contribution in [0.25, 0.3) is 11.3 Å². The minimum Gasteiger partial charge on any atom is -0.507 e. The second-order valence-corrected chi connectivity index (χ2v) is 5.00. The molecule has 1 amide bonds. The number of hydrogen-bond acceptors (Lipinski definition) is 5. The van der Waals surface area contributed by atoms with Gasteiger partial charge in [0, 0.05) is 31.5 Å². The zero-order valence-corrected chi connectivity index (χ0v) is 12.3. The van der Waals surface area contributed by atoms with Crippen molar-refractivity contribution in [3.05, 3.63) is 54.7 Å². The molecule has 0 fully saturated rings. The van der Waals surface area contributed by atoms with Gasteiger partial charge in [0.15, 0.2) is 11.5 Å². The first-order chi connectivity index (χ1) is 11.2. The number of para-hydroxylation sites is 1. The maximum Gasteiger partial charge on any atom is 0.273 e. The molecule has 0 aliphatic carbocycles. The second kappa shape index (κ2) is 6.78. The Labute approximate surface area is 132 Å². The van der Waals surface area contributed by atoms with Gasteiger partial charge in [-0.2, -0.15) is 0 Å². The van der Waals surface area contributed by atoms with Crippen LogP contribution in [0.2, 0.25) is 0 Å². The fourth-order valence-corrected chi connectivity index (χ4v) is 2.16. The van der Waals surface area contributed by atoms with Crippen LogP contribution in [-0.2, 0) is 6.54 Å². The molecule has 0 radical (unpaired) electrons. The number of amides is 1. The number of nitrogens with zero attached hydrogens (tertiary/aromatic N) is 3. The predicted molar refractivity (Wildman–Crippen MR) is 82.8 cm³/mol. The smallest absolute Gasteiger partial charge is 0.273 e. The highest BCUT2D eigenvalue weighted by atomic mass is 16.5. The highest BCUT2D eigenvalue weighted by Gasteiger charge is 2.15. The Hall–Kier alpha value is -3.09. The summed E-state index contributed by atoms with van der Waals surface area (Å²) in [5.41, 5.74) is 0.685. The highest BCUT2D eigenvalue weighted by molar-refractivity contribution is 5.93. The van der Waals surface area contributed by atoms with Crippen molar-refractivity contribution in [1.29, 1.82) is 0 Å². The van der Waals surface area contributed by atoms with E-state index in [2.05, 4.69) is 15.5 Å². The van der Waals surface area contributed by atoms with Gasteiger partial charge in [-0.25, -0.2) is 4.98 Å². The lowest BCUT2D eigenvalue weighted by molar-refractivity contribution is 0.0944. The first-order valence-electron chi connectivity index (χ1n) is 7.23. The number of imidazole rings is 1. The van der Waals surface area contributed by atoms with Gasteiger partial charge >= 0.3 is 0 Å². The average Bonchev–Trinajstić information content (AvgIpc) is 3.23. The summed E-state index contributed by atoms with van der Waals surface area (Å²) < 4.78 is 7.08. The van der Waals surface area contributed by atoms with Crippen molar-refractivity contribution in [2.24, 2.45) is 0 Å². The fourth-order valence-electron chi connectivity index (χ4n) is 2.16. The molecule has 0 unspecified atom stereocenters. The van der Waals surface area contributed by atoms with Gasteiger partial charge in [0.25, 0.3) is 5.91 Å². The van der Waals surface area contributed by atoms with E-state index in [4.69, 9.17) is 4.52 Å². The maximum absolute atomic E-state index is 12.0. The number of aromatic nitrogens is 3. The minimum atomic E-state index is -0.305. The fraction of sp³-hybridized carbons (Fsp3) is 0.188. The second-order valence-electron chi connectivity index (χ2n) is 5.00. The molecule has 0 aliphatic rings. The van der Waals surface area contributed by atoms with Gasteiger partial charge in [-0.3, -0.25) is 4.79 Å². The molecule has 0 atom stereocenters. The molecular formula is C16H16N4O3. The summed E-state index contributed by atoms with van der Waals surface area (Å²) >= 11 is 0. The summed E-state index contributed by atoms with van der Waals surface area (Å²) in [5.74, 6) is 0.128. The van der Waals surface area contributed by atoms with E-state index < -0.39 is 0 Å². The predicted octanol–water partition coefficient (Wildman–Crippen LogP) is 2.06. The number of rotatable bonds is 6. The van der Waals surface area contributed by atoms with Gasteiger partial charge in [-0.1, -0.05) is 17.3 Å². The number of phenolic OH excluding ortho intramolecular Hbond substituents is 1. The van der Waals surface area contributed by atoms with Crippen LogP contribution in [0.3, 0.4) is 0 Å². The molecule has 2 heterocycles. The topological polar surface area (TPSA) is 93.2 Å². The van der Waals surface area contributed by atoms with Gasteiger partial charge < -0.3 is 19.5 Å². The summed E-state index contributed by atoms with van der Waals surface area (Å²) in [4.78, 5) is 16.0. The molecular weight excluding hydrogens is 296 g/mol. The number of phenols is 1.